The number of nitrogens with one attached hydrogen (secondary N) is 2. The summed E-state index contributed by atoms with van der Waals surface area (Å²) < 4.78 is 5.06. The lowest BCUT2D eigenvalue weighted by molar-refractivity contribution is -0.121. The normalized spacial score (nSPS) is 20.4. The molecule has 5 heteroatoms. The first-order chi connectivity index (χ1) is 8.66. The molecule has 1 aliphatic rings. The van der Waals surface area contributed by atoms with Gasteiger partial charge in [-0.2, -0.15) is 0 Å². The zero-order valence-electron chi connectivity index (χ0n) is 11.1. The minimum atomic E-state index is 0.0538. The van der Waals surface area contributed by atoms with Crippen molar-refractivity contribution in [3.8, 4) is 0 Å². The van der Waals surface area contributed by atoms with Gasteiger partial charge in [-0.1, -0.05) is 11.6 Å². The first kappa shape index (κ1) is 13.1. The molecule has 1 fully saturated rings. The van der Waals surface area contributed by atoms with Crippen LogP contribution in [0.5, 0.6) is 0 Å². The van der Waals surface area contributed by atoms with Crippen molar-refractivity contribution in [2.45, 2.75) is 45.6 Å². The molecule has 18 heavy (non-hydrogen) atoms. The van der Waals surface area contributed by atoms with Crippen LogP contribution in [0.15, 0.2) is 4.52 Å². The van der Waals surface area contributed by atoms with Crippen molar-refractivity contribution in [3.63, 3.8) is 0 Å². The average Bonchev–Trinajstić information content (AvgIpc) is 2.59. The van der Waals surface area contributed by atoms with E-state index in [1.54, 1.807) is 0 Å². The molecule has 2 rings (SSSR count). The fourth-order valence-corrected chi connectivity index (χ4v) is 2.34. The second-order valence-corrected chi connectivity index (χ2v) is 4.94. The topological polar surface area (TPSA) is 67.2 Å². The second-order valence-electron chi connectivity index (χ2n) is 4.94. The lowest BCUT2D eigenvalue weighted by Gasteiger charge is -2.16. The van der Waals surface area contributed by atoms with Crippen LogP contribution in [0.4, 0.5) is 0 Å². The van der Waals surface area contributed by atoms with E-state index in [1.165, 1.54) is 12.8 Å². The molecule has 1 saturated heterocycles. The predicted molar refractivity (Wildman–Crippen MR) is 68.3 cm³/mol. The van der Waals surface area contributed by atoms with E-state index in [9.17, 15) is 4.79 Å². The fourth-order valence-electron chi connectivity index (χ4n) is 2.34. The van der Waals surface area contributed by atoms with Crippen LogP contribution in [0.2, 0.25) is 0 Å². The van der Waals surface area contributed by atoms with Gasteiger partial charge in [-0.3, -0.25) is 4.79 Å². The van der Waals surface area contributed by atoms with Gasteiger partial charge in [0, 0.05) is 18.2 Å². The van der Waals surface area contributed by atoms with Gasteiger partial charge in [0.05, 0.1) is 12.1 Å². The minimum Gasteiger partial charge on any atom is -0.361 e. The first-order valence-corrected chi connectivity index (χ1v) is 6.58. The zero-order chi connectivity index (χ0) is 13.0. The summed E-state index contributed by atoms with van der Waals surface area (Å²) >= 11 is 0. The van der Waals surface area contributed by atoms with E-state index >= 15 is 0 Å². The molecule has 1 aromatic heterocycles. The Labute approximate surface area is 107 Å². The number of nitrogens with zero attached hydrogens (tertiary/aromatic N) is 1. The molecule has 1 atom stereocenters. The number of amides is 1. The van der Waals surface area contributed by atoms with E-state index in [-0.39, 0.29) is 11.9 Å². The zero-order valence-corrected chi connectivity index (χ0v) is 11.1. The van der Waals surface area contributed by atoms with Gasteiger partial charge in [0.2, 0.25) is 5.91 Å². The molecule has 0 radical (unpaired) electrons. The SMILES string of the molecule is Cc1noc(C)c1CC(=O)NC1CCCCNC1. The average molecular weight is 251 g/mol. The third-order valence-electron chi connectivity index (χ3n) is 3.43. The Morgan fingerprint density at radius 2 is 2.33 bits per heavy atom. The molecule has 0 aromatic carbocycles. The van der Waals surface area contributed by atoms with Gasteiger partial charge in [0.15, 0.2) is 0 Å². The highest BCUT2D eigenvalue weighted by atomic mass is 16.5. The van der Waals surface area contributed by atoms with E-state index in [2.05, 4.69) is 15.8 Å². The van der Waals surface area contributed by atoms with Gasteiger partial charge >= 0.3 is 0 Å². The molecule has 2 N–H and O–H groups in total. The minimum absolute atomic E-state index is 0.0538. The number of hydrogen-bond acceptors (Lipinski definition) is 4. The summed E-state index contributed by atoms with van der Waals surface area (Å²) in [7, 11) is 0. The van der Waals surface area contributed by atoms with Crippen molar-refractivity contribution in [2.24, 2.45) is 0 Å². The number of aromatic nitrogens is 1. The number of carbonyl (C=O) groups excluding carboxylic acids is 1. The van der Waals surface area contributed by atoms with E-state index in [0.29, 0.717) is 6.42 Å². The molecule has 0 spiro atoms. The van der Waals surface area contributed by atoms with Crippen molar-refractivity contribution >= 4 is 5.91 Å². The van der Waals surface area contributed by atoms with Crippen LogP contribution in [0.1, 0.15) is 36.3 Å². The Balaban J connectivity index is 1.88. The molecular formula is C13H21N3O2. The lowest BCUT2D eigenvalue weighted by Crippen LogP contribution is -2.41. The van der Waals surface area contributed by atoms with Crippen LogP contribution >= 0.6 is 0 Å². The summed E-state index contributed by atoms with van der Waals surface area (Å²) in [4.78, 5) is 12.0. The maximum absolute atomic E-state index is 12.0. The second kappa shape index (κ2) is 6.00. The van der Waals surface area contributed by atoms with E-state index < -0.39 is 0 Å². The van der Waals surface area contributed by atoms with Crippen molar-refractivity contribution in [3.05, 3.63) is 17.0 Å². The van der Waals surface area contributed by atoms with Gasteiger partial charge in [-0.15, -0.1) is 0 Å². The molecule has 2 heterocycles. The van der Waals surface area contributed by atoms with E-state index in [4.69, 9.17) is 4.52 Å². The molecule has 1 amide bonds. The molecule has 0 saturated carbocycles. The quantitative estimate of drug-likeness (QED) is 0.844. The summed E-state index contributed by atoms with van der Waals surface area (Å²) in [6, 6.07) is 0.250. The first-order valence-electron chi connectivity index (χ1n) is 6.58. The molecule has 0 bridgehead atoms. The molecular weight excluding hydrogens is 230 g/mol. The molecule has 5 nitrogen and oxygen atoms in total. The van der Waals surface area contributed by atoms with E-state index in [0.717, 1.165) is 36.5 Å². The van der Waals surface area contributed by atoms with Gasteiger partial charge in [-0.05, 0) is 33.2 Å². The highest BCUT2D eigenvalue weighted by molar-refractivity contribution is 5.79. The summed E-state index contributed by atoms with van der Waals surface area (Å²) in [5, 5.41) is 10.3. The monoisotopic (exact) mass is 251 g/mol. The highest BCUT2D eigenvalue weighted by Gasteiger charge is 2.17. The van der Waals surface area contributed by atoms with Gasteiger partial charge < -0.3 is 15.2 Å². The van der Waals surface area contributed by atoms with Gasteiger partial charge in [0.1, 0.15) is 5.76 Å². The van der Waals surface area contributed by atoms with Crippen molar-refractivity contribution < 1.29 is 9.32 Å². The Hall–Kier alpha value is -1.36. The Bertz CT molecular complexity index is 387. The summed E-state index contributed by atoms with van der Waals surface area (Å²) in [5.41, 5.74) is 1.72. The van der Waals surface area contributed by atoms with Crippen molar-refractivity contribution in [2.75, 3.05) is 13.1 Å². The van der Waals surface area contributed by atoms with Crippen LogP contribution in [0.3, 0.4) is 0 Å². The summed E-state index contributed by atoms with van der Waals surface area (Å²) in [6.07, 6.45) is 3.78. The maximum atomic E-state index is 12.0. The summed E-state index contributed by atoms with van der Waals surface area (Å²) in [5.74, 6) is 0.791. The Morgan fingerprint density at radius 1 is 1.50 bits per heavy atom. The fraction of sp³-hybridized carbons (Fsp3) is 0.692. The Kier molecular flexibility index (Phi) is 4.36. The number of carbonyl (C=O) groups is 1. The van der Waals surface area contributed by atoms with Crippen molar-refractivity contribution in [1.82, 2.24) is 15.8 Å². The highest BCUT2D eigenvalue weighted by Crippen LogP contribution is 2.13. The largest absolute Gasteiger partial charge is 0.361 e. The lowest BCUT2D eigenvalue weighted by atomic mass is 10.1. The third kappa shape index (κ3) is 3.32. The van der Waals surface area contributed by atoms with Crippen LogP contribution in [0.25, 0.3) is 0 Å². The third-order valence-corrected chi connectivity index (χ3v) is 3.43. The van der Waals surface area contributed by atoms with Gasteiger partial charge in [-0.25, -0.2) is 0 Å². The smallest absolute Gasteiger partial charge is 0.224 e. The predicted octanol–water partition coefficient (Wildman–Crippen LogP) is 1.09. The van der Waals surface area contributed by atoms with Crippen LogP contribution in [0, 0.1) is 13.8 Å². The Morgan fingerprint density at radius 3 is 3.06 bits per heavy atom. The number of rotatable bonds is 3. The van der Waals surface area contributed by atoms with Gasteiger partial charge in [0.25, 0.3) is 0 Å². The standard InChI is InChI=1S/C13H21N3O2/c1-9-12(10(2)18-16-9)7-13(17)15-11-5-3-4-6-14-8-11/h11,14H,3-8H2,1-2H3,(H,15,17). The number of aryl methyl sites for hydroxylation is 2. The summed E-state index contributed by atoms with van der Waals surface area (Å²) in [6.45, 7) is 5.63. The molecule has 1 aliphatic heterocycles. The maximum Gasteiger partial charge on any atom is 0.224 e. The van der Waals surface area contributed by atoms with Crippen LogP contribution in [-0.4, -0.2) is 30.2 Å². The number of hydrogen-bond donors (Lipinski definition) is 2. The van der Waals surface area contributed by atoms with Crippen LogP contribution in [-0.2, 0) is 11.2 Å². The molecule has 1 unspecified atom stereocenters. The molecule has 0 aliphatic carbocycles. The van der Waals surface area contributed by atoms with Crippen molar-refractivity contribution in [1.29, 1.82) is 0 Å². The molecule has 1 aromatic rings. The van der Waals surface area contributed by atoms with Crippen LogP contribution < -0.4 is 10.6 Å². The van der Waals surface area contributed by atoms with E-state index in [1.807, 2.05) is 13.8 Å². The molecule has 100 valence electrons.